The fourth-order valence-electron chi connectivity index (χ4n) is 8.09. The van der Waals surface area contributed by atoms with Crippen LogP contribution in [0.15, 0.2) is 0 Å². The molecule has 1 saturated heterocycles. The van der Waals surface area contributed by atoms with Crippen LogP contribution in [0.1, 0.15) is 92.4 Å². The summed E-state index contributed by atoms with van der Waals surface area (Å²) in [5.41, 5.74) is 0.389. The van der Waals surface area contributed by atoms with E-state index in [2.05, 4.69) is 20.8 Å². The van der Waals surface area contributed by atoms with Gasteiger partial charge >= 0.3 is 6.18 Å². The second-order valence-corrected chi connectivity index (χ2v) is 10.5. The number of alkyl halides is 3. The summed E-state index contributed by atoms with van der Waals surface area (Å²) >= 11 is 0. The summed E-state index contributed by atoms with van der Waals surface area (Å²) < 4.78 is 45.1. The highest BCUT2D eigenvalue weighted by Gasteiger charge is 2.58. The highest BCUT2D eigenvalue weighted by Crippen LogP contribution is 2.65. The number of ether oxygens (including phenoxy) is 1. The van der Waals surface area contributed by atoms with Crippen LogP contribution < -0.4 is 0 Å². The van der Waals surface area contributed by atoms with E-state index in [9.17, 15) is 13.2 Å². The maximum absolute atomic E-state index is 13.2. The van der Waals surface area contributed by atoms with Gasteiger partial charge in [-0.05, 0) is 85.4 Å². The first kappa shape index (κ1) is 23.4. The van der Waals surface area contributed by atoms with E-state index < -0.39 is 12.6 Å². The van der Waals surface area contributed by atoms with Crippen molar-refractivity contribution in [3.8, 4) is 0 Å². The van der Waals surface area contributed by atoms with Crippen LogP contribution in [0.2, 0.25) is 0 Å². The van der Waals surface area contributed by atoms with Gasteiger partial charge in [0.25, 0.3) is 0 Å². The molecular formula is C25H43F3O. The van der Waals surface area contributed by atoms with Crippen molar-refractivity contribution < 1.29 is 17.9 Å². The lowest BCUT2D eigenvalue weighted by molar-refractivity contribution is -0.161. The molecule has 1 aliphatic heterocycles. The number of halogens is 3. The van der Waals surface area contributed by atoms with Crippen molar-refractivity contribution >= 4 is 0 Å². The van der Waals surface area contributed by atoms with Crippen LogP contribution in [0.3, 0.4) is 0 Å². The molecule has 3 aliphatic carbocycles. The van der Waals surface area contributed by atoms with E-state index in [-0.39, 0.29) is 5.92 Å². The maximum atomic E-state index is 13.2. The SMILES string of the molecule is CC.CCCC1C(CC(F)(F)F)CCC2C1CCC1(C)C2CCC1[C@H](C)C1CO1. The van der Waals surface area contributed by atoms with E-state index in [4.69, 9.17) is 4.74 Å². The van der Waals surface area contributed by atoms with Crippen molar-refractivity contribution in [3.63, 3.8) is 0 Å². The third kappa shape index (κ3) is 4.67. The topological polar surface area (TPSA) is 12.5 Å². The van der Waals surface area contributed by atoms with Crippen molar-refractivity contribution in [2.24, 2.45) is 46.8 Å². The summed E-state index contributed by atoms with van der Waals surface area (Å²) in [4.78, 5) is 0. The van der Waals surface area contributed by atoms with E-state index in [0.717, 1.165) is 50.5 Å². The average Bonchev–Trinajstić information content (AvgIpc) is 3.45. The maximum Gasteiger partial charge on any atom is 0.389 e. The Hall–Kier alpha value is -0.250. The van der Waals surface area contributed by atoms with Gasteiger partial charge in [0, 0.05) is 6.42 Å². The van der Waals surface area contributed by atoms with Gasteiger partial charge in [-0.1, -0.05) is 47.5 Å². The lowest BCUT2D eigenvalue weighted by atomic mass is 9.50. The van der Waals surface area contributed by atoms with Crippen molar-refractivity contribution in [1.82, 2.24) is 0 Å². The lowest BCUT2D eigenvalue weighted by Crippen LogP contribution is -2.48. The van der Waals surface area contributed by atoms with E-state index in [1.54, 1.807) is 0 Å². The molecule has 1 nitrogen and oxygen atoms in total. The molecule has 0 radical (unpaired) electrons. The van der Waals surface area contributed by atoms with Gasteiger partial charge in [-0.2, -0.15) is 13.2 Å². The Morgan fingerprint density at radius 3 is 2.31 bits per heavy atom. The van der Waals surface area contributed by atoms with Crippen LogP contribution >= 0.6 is 0 Å². The molecule has 1 heterocycles. The third-order valence-corrected chi connectivity index (χ3v) is 9.29. The Morgan fingerprint density at radius 2 is 1.72 bits per heavy atom. The van der Waals surface area contributed by atoms with Gasteiger partial charge in [0.2, 0.25) is 0 Å². The molecule has 8 unspecified atom stereocenters. The molecule has 4 fully saturated rings. The van der Waals surface area contributed by atoms with E-state index in [0.29, 0.717) is 35.2 Å². The minimum atomic E-state index is -4.01. The van der Waals surface area contributed by atoms with E-state index >= 15 is 0 Å². The van der Waals surface area contributed by atoms with E-state index in [1.807, 2.05) is 13.8 Å². The quantitative estimate of drug-likeness (QED) is 0.415. The van der Waals surface area contributed by atoms with Crippen LogP contribution in [-0.4, -0.2) is 18.9 Å². The molecule has 4 aliphatic rings. The summed E-state index contributed by atoms with van der Waals surface area (Å²) in [5, 5.41) is 0. The Labute approximate surface area is 176 Å². The molecule has 4 heteroatoms. The smallest absolute Gasteiger partial charge is 0.373 e. The number of hydrogen-bond acceptors (Lipinski definition) is 1. The Bertz CT molecular complexity index is 529. The van der Waals surface area contributed by atoms with Crippen molar-refractivity contribution in [2.75, 3.05) is 6.61 Å². The zero-order valence-electron chi connectivity index (χ0n) is 19.2. The summed E-state index contributed by atoms with van der Waals surface area (Å²) in [6, 6.07) is 0. The van der Waals surface area contributed by atoms with Crippen LogP contribution in [0.4, 0.5) is 13.2 Å². The summed E-state index contributed by atoms with van der Waals surface area (Å²) in [7, 11) is 0. The molecule has 9 atom stereocenters. The van der Waals surface area contributed by atoms with Crippen LogP contribution in [0.5, 0.6) is 0 Å². The number of hydrogen-bond donors (Lipinski definition) is 0. The van der Waals surface area contributed by atoms with Crippen molar-refractivity contribution in [2.45, 2.75) is 105 Å². The van der Waals surface area contributed by atoms with Gasteiger partial charge in [-0.25, -0.2) is 0 Å². The molecular weight excluding hydrogens is 373 g/mol. The normalized spacial score (nSPS) is 44.9. The molecule has 0 spiro atoms. The number of rotatable bonds is 5. The highest BCUT2D eigenvalue weighted by molar-refractivity contribution is 5.07. The second kappa shape index (κ2) is 9.09. The summed E-state index contributed by atoms with van der Waals surface area (Å²) in [5.74, 6) is 3.49. The van der Waals surface area contributed by atoms with Crippen LogP contribution in [0, 0.1) is 46.8 Å². The van der Waals surface area contributed by atoms with E-state index in [1.165, 1.54) is 19.3 Å². The second-order valence-electron chi connectivity index (χ2n) is 10.5. The molecule has 0 N–H and O–H groups in total. The summed E-state index contributed by atoms with van der Waals surface area (Å²) in [6.45, 7) is 12.0. The van der Waals surface area contributed by atoms with Crippen LogP contribution in [-0.2, 0) is 4.74 Å². The predicted molar refractivity (Wildman–Crippen MR) is 113 cm³/mol. The van der Waals surface area contributed by atoms with Gasteiger partial charge in [0.05, 0.1) is 12.7 Å². The van der Waals surface area contributed by atoms with Gasteiger partial charge in [0.1, 0.15) is 0 Å². The minimum absolute atomic E-state index is 0.133. The van der Waals surface area contributed by atoms with Crippen LogP contribution in [0.25, 0.3) is 0 Å². The van der Waals surface area contributed by atoms with Gasteiger partial charge in [0.15, 0.2) is 0 Å². The van der Waals surface area contributed by atoms with Gasteiger partial charge in [-0.15, -0.1) is 0 Å². The first-order valence-electron chi connectivity index (χ1n) is 12.4. The molecule has 29 heavy (non-hydrogen) atoms. The zero-order chi connectivity index (χ0) is 21.4. The molecule has 0 amide bonds. The fraction of sp³-hybridized carbons (Fsp3) is 1.00. The average molecular weight is 417 g/mol. The highest BCUT2D eigenvalue weighted by atomic mass is 19.4. The lowest BCUT2D eigenvalue weighted by Gasteiger charge is -2.55. The minimum Gasteiger partial charge on any atom is -0.373 e. The molecule has 0 aromatic rings. The van der Waals surface area contributed by atoms with Gasteiger partial charge in [-0.3, -0.25) is 0 Å². The molecule has 0 aromatic carbocycles. The standard InChI is InChI=1S/C23H37F3O.C2H6/c1-4-5-16-15(12-23(24,25)26)6-7-18-17(16)10-11-22(3)19(8-9-20(18)22)14(2)21-13-27-21;1-2/h14-21H,4-13H2,1-3H3;1-2H3/t14-,15?,16?,17?,18?,19?,20?,21?,22?;/m0./s1. The molecule has 0 aromatic heterocycles. The number of fused-ring (bicyclic) bond motifs is 3. The number of epoxide rings is 1. The summed E-state index contributed by atoms with van der Waals surface area (Å²) in [6.07, 6.45) is 4.72. The first-order valence-corrected chi connectivity index (χ1v) is 12.4. The Kier molecular flexibility index (Phi) is 7.34. The third-order valence-electron chi connectivity index (χ3n) is 9.29. The zero-order valence-corrected chi connectivity index (χ0v) is 19.2. The molecule has 0 bridgehead atoms. The molecule has 3 saturated carbocycles. The fourth-order valence-corrected chi connectivity index (χ4v) is 8.09. The van der Waals surface area contributed by atoms with Gasteiger partial charge < -0.3 is 4.74 Å². The predicted octanol–water partition coefficient (Wildman–Crippen LogP) is 7.88. The largest absolute Gasteiger partial charge is 0.389 e. The first-order chi connectivity index (χ1) is 13.7. The molecule has 4 rings (SSSR count). The van der Waals surface area contributed by atoms with Crippen molar-refractivity contribution in [1.29, 1.82) is 0 Å². The Morgan fingerprint density at radius 1 is 1.03 bits per heavy atom. The van der Waals surface area contributed by atoms with Crippen molar-refractivity contribution in [3.05, 3.63) is 0 Å². The molecule has 170 valence electrons. The monoisotopic (exact) mass is 416 g/mol. The Balaban J connectivity index is 0.00000117.